The van der Waals surface area contributed by atoms with Gasteiger partial charge in [0.05, 0.1) is 6.61 Å². The summed E-state index contributed by atoms with van der Waals surface area (Å²) in [5.41, 5.74) is 2.32. The highest BCUT2D eigenvalue weighted by molar-refractivity contribution is 8.01. The zero-order valence-corrected chi connectivity index (χ0v) is 14.4. The van der Waals surface area contributed by atoms with Crippen molar-refractivity contribution < 1.29 is 4.74 Å². The first-order valence-electron chi connectivity index (χ1n) is 7.24. The van der Waals surface area contributed by atoms with Crippen LogP contribution in [0.15, 0.2) is 34.0 Å². The van der Waals surface area contributed by atoms with E-state index in [0.29, 0.717) is 6.61 Å². The summed E-state index contributed by atoms with van der Waals surface area (Å²) in [5, 5.41) is 5.65. The van der Waals surface area contributed by atoms with Crippen LogP contribution in [-0.2, 0) is 0 Å². The molecule has 1 heterocycles. The first-order valence-corrected chi connectivity index (χ1v) is 9.11. The molecule has 0 fully saturated rings. The van der Waals surface area contributed by atoms with Crippen molar-refractivity contribution in [3.63, 3.8) is 0 Å². The third kappa shape index (κ3) is 4.73. The van der Waals surface area contributed by atoms with Crippen LogP contribution in [0.3, 0.4) is 0 Å². The standard InChI is InChI=1S/C16H22N2OS2/c1-4-17-14(11-21-16-18-12(3)10-20-16)13-8-6-7-9-15(13)19-5-2/h6-10,14,17H,4-5,11H2,1-3H3. The Morgan fingerprint density at radius 3 is 2.81 bits per heavy atom. The van der Waals surface area contributed by atoms with Crippen LogP contribution < -0.4 is 10.1 Å². The Kier molecular flexibility index (Phi) is 6.54. The van der Waals surface area contributed by atoms with Gasteiger partial charge in [-0.05, 0) is 26.5 Å². The van der Waals surface area contributed by atoms with Crippen molar-refractivity contribution in [2.45, 2.75) is 31.2 Å². The van der Waals surface area contributed by atoms with E-state index in [1.165, 1.54) is 5.56 Å². The summed E-state index contributed by atoms with van der Waals surface area (Å²) < 4.78 is 6.89. The van der Waals surface area contributed by atoms with Gasteiger partial charge in [0.2, 0.25) is 0 Å². The maximum Gasteiger partial charge on any atom is 0.150 e. The molecule has 1 unspecified atom stereocenters. The van der Waals surface area contributed by atoms with Crippen LogP contribution in [0.2, 0.25) is 0 Å². The van der Waals surface area contributed by atoms with Crippen LogP contribution >= 0.6 is 23.1 Å². The first kappa shape index (κ1) is 16.3. The average molecular weight is 322 g/mol. The largest absolute Gasteiger partial charge is 0.494 e. The number of hydrogen-bond donors (Lipinski definition) is 1. The van der Waals surface area contributed by atoms with E-state index in [2.05, 4.69) is 34.7 Å². The number of benzene rings is 1. The van der Waals surface area contributed by atoms with E-state index in [4.69, 9.17) is 4.74 Å². The Hall–Kier alpha value is -1.04. The van der Waals surface area contributed by atoms with Crippen molar-refractivity contribution in [1.82, 2.24) is 10.3 Å². The fraction of sp³-hybridized carbons (Fsp3) is 0.438. The van der Waals surface area contributed by atoms with Crippen molar-refractivity contribution in [3.05, 3.63) is 40.9 Å². The van der Waals surface area contributed by atoms with Gasteiger partial charge in [0.1, 0.15) is 10.1 Å². The maximum atomic E-state index is 5.76. The molecule has 0 aliphatic carbocycles. The highest BCUT2D eigenvalue weighted by atomic mass is 32.2. The van der Waals surface area contributed by atoms with Gasteiger partial charge < -0.3 is 10.1 Å². The summed E-state index contributed by atoms with van der Waals surface area (Å²) in [6.07, 6.45) is 0. The first-order chi connectivity index (χ1) is 10.2. The number of aryl methyl sites for hydroxylation is 1. The summed E-state index contributed by atoms with van der Waals surface area (Å²) in [6, 6.07) is 8.55. The molecule has 0 amide bonds. The predicted molar refractivity (Wildman–Crippen MR) is 91.6 cm³/mol. The van der Waals surface area contributed by atoms with Crippen LogP contribution in [0.5, 0.6) is 5.75 Å². The molecule has 5 heteroatoms. The Morgan fingerprint density at radius 1 is 1.33 bits per heavy atom. The zero-order valence-electron chi connectivity index (χ0n) is 12.8. The van der Waals surface area contributed by atoms with Crippen molar-refractivity contribution in [3.8, 4) is 5.75 Å². The van der Waals surface area contributed by atoms with Crippen molar-refractivity contribution in [1.29, 1.82) is 0 Å². The zero-order chi connectivity index (χ0) is 15.1. The number of nitrogens with zero attached hydrogens (tertiary/aromatic N) is 1. The second-order valence-electron chi connectivity index (χ2n) is 4.65. The normalized spacial score (nSPS) is 12.3. The molecule has 0 spiro atoms. The SMILES string of the molecule is CCNC(CSc1nc(C)cs1)c1ccccc1OCC. The molecule has 2 rings (SSSR count). The molecule has 0 saturated heterocycles. The third-order valence-electron chi connectivity index (χ3n) is 3.02. The molecular formula is C16H22N2OS2. The van der Waals surface area contributed by atoms with Gasteiger partial charge in [-0.2, -0.15) is 0 Å². The van der Waals surface area contributed by atoms with Gasteiger partial charge in [-0.3, -0.25) is 0 Å². The maximum absolute atomic E-state index is 5.76. The van der Waals surface area contributed by atoms with Gasteiger partial charge in [-0.15, -0.1) is 11.3 Å². The summed E-state index contributed by atoms with van der Waals surface area (Å²) in [5.74, 6) is 1.92. The Balaban J connectivity index is 2.10. The van der Waals surface area contributed by atoms with Crippen molar-refractivity contribution in [2.24, 2.45) is 0 Å². The van der Waals surface area contributed by atoms with E-state index in [1.807, 2.05) is 26.0 Å². The van der Waals surface area contributed by atoms with E-state index in [9.17, 15) is 0 Å². The molecule has 1 aromatic heterocycles. The topological polar surface area (TPSA) is 34.2 Å². The van der Waals surface area contributed by atoms with E-state index in [1.54, 1.807) is 23.1 Å². The van der Waals surface area contributed by atoms with Crippen LogP contribution in [-0.4, -0.2) is 23.9 Å². The molecule has 0 aliphatic rings. The number of nitrogens with one attached hydrogen (secondary N) is 1. The second kappa shape index (κ2) is 8.41. The van der Waals surface area contributed by atoms with Crippen LogP contribution in [0.4, 0.5) is 0 Å². The highest BCUT2D eigenvalue weighted by Gasteiger charge is 2.16. The smallest absolute Gasteiger partial charge is 0.150 e. The lowest BCUT2D eigenvalue weighted by Crippen LogP contribution is -2.23. The molecule has 3 nitrogen and oxygen atoms in total. The molecule has 114 valence electrons. The Labute approximate surface area is 135 Å². The van der Waals surface area contributed by atoms with Crippen LogP contribution in [0.25, 0.3) is 0 Å². The van der Waals surface area contributed by atoms with Gasteiger partial charge in [0.25, 0.3) is 0 Å². The summed E-state index contributed by atoms with van der Waals surface area (Å²) in [6.45, 7) is 7.81. The fourth-order valence-corrected chi connectivity index (χ4v) is 4.07. The molecule has 1 N–H and O–H groups in total. The minimum absolute atomic E-state index is 0.270. The summed E-state index contributed by atoms with van der Waals surface area (Å²) >= 11 is 3.51. The molecule has 0 saturated carbocycles. The lowest BCUT2D eigenvalue weighted by atomic mass is 10.1. The van der Waals surface area contributed by atoms with E-state index in [-0.39, 0.29) is 6.04 Å². The number of hydrogen-bond acceptors (Lipinski definition) is 5. The van der Waals surface area contributed by atoms with Crippen molar-refractivity contribution in [2.75, 3.05) is 18.9 Å². The number of thiazole rings is 1. The molecule has 0 aliphatic heterocycles. The van der Waals surface area contributed by atoms with Gasteiger partial charge in [-0.25, -0.2) is 4.98 Å². The molecule has 1 atom stereocenters. The minimum atomic E-state index is 0.270. The molecule has 0 radical (unpaired) electrons. The number of para-hydroxylation sites is 1. The van der Waals surface area contributed by atoms with Crippen LogP contribution in [0, 0.1) is 6.92 Å². The minimum Gasteiger partial charge on any atom is -0.494 e. The van der Waals surface area contributed by atoms with E-state index >= 15 is 0 Å². The third-order valence-corrected chi connectivity index (χ3v) is 5.25. The molecule has 21 heavy (non-hydrogen) atoms. The monoisotopic (exact) mass is 322 g/mol. The van der Waals surface area contributed by atoms with Gasteiger partial charge >= 0.3 is 0 Å². The van der Waals surface area contributed by atoms with Gasteiger partial charge in [0.15, 0.2) is 0 Å². The lowest BCUT2D eigenvalue weighted by Gasteiger charge is -2.20. The van der Waals surface area contributed by atoms with Gasteiger partial charge in [0, 0.05) is 28.4 Å². The highest BCUT2D eigenvalue weighted by Crippen LogP contribution is 2.31. The predicted octanol–water partition coefficient (Wildman–Crippen LogP) is 4.29. The molecule has 2 aromatic rings. The van der Waals surface area contributed by atoms with Gasteiger partial charge in [-0.1, -0.05) is 36.9 Å². The molecule has 1 aromatic carbocycles. The summed E-state index contributed by atoms with van der Waals surface area (Å²) in [7, 11) is 0. The van der Waals surface area contributed by atoms with E-state index < -0.39 is 0 Å². The number of aromatic nitrogens is 1. The average Bonchev–Trinajstić information content (AvgIpc) is 2.90. The molecular weight excluding hydrogens is 300 g/mol. The number of rotatable bonds is 8. The molecule has 0 bridgehead atoms. The Morgan fingerprint density at radius 2 is 2.14 bits per heavy atom. The van der Waals surface area contributed by atoms with Crippen LogP contribution in [0.1, 0.15) is 31.1 Å². The summed E-state index contributed by atoms with van der Waals surface area (Å²) in [4.78, 5) is 4.52. The Bertz CT molecular complexity index is 557. The fourth-order valence-electron chi connectivity index (χ4n) is 2.11. The quantitative estimate of drug-likeness (QED) is 0.735. The number of thioether (sulfide) groups is 1. The number of ether oxygens (including phenoxy) is 1. The second-order valence-corrected chi connectivity index (χ2v) is 6.77. The lowest BCUT2D eigenvalue weighted by molar-refractivity contribution is 0.333. The van der Waals surface area contributed by atoms with E-state index in [0.717, 1.165) is 28.1 Å². The van der Waals surface area contributed by atoms with Crippen molar-refractivity contribution >= 4 is 23.1 Å².